The van der Waals surface area contributed by atoms with E-state index in [2.05, 4.69) is 34.7 Å². The van der Waals surface area contributed by atoms with Gasteiger partial charge in [0.05, 0.1) is 0 Å². The maximum atomic E-state index is 13.9. The SMILES string of the molecule is CN=C(NCc1ccc(F)c(CN(C)C)c1)NCc1ccccc1C. The molecule has 134 valence electrons. The lowest BCUT2D eigenvalue weighted by Gasteiger charge is -2.15. The normalized spacial score (nSPS) is 11.7. The van der Waals surface area contributed by atoms with Gasteiger partial charge in [0.1, 0.15) is 5.82 Å². The van der Waals surface area contributed by atoms with Gasteiger partial charge in [0, 0.05) is 32.2 Å². The van der Waals surface area contributed by atoms with E-state index in [1.54, 1.807) is 13.1 Å². The Labute approximate surface area is 149 Å². The smallest absolute Gasteiger partial charge is 0.191 e. The van der Waals surface area contributed by atoms with Crippen molar-refractivity contribution < 1.29 is 4.39 Å². The van der Waals surface area contributed by atoms with Crippen molar-refractivity contribution in [2.45, 2.75) is 26.6 Å². The third kappa shape index (κ3) is 5.87. The van der Waals surface area contributed by atoms with Gasteiger partial charge in [0.2, 0.25) is 0 Å². The molecule has 0 heterocycles. The predicted octanol–water partition coefficient (Wildman–Crippen LogP) is 3.06. The molecule has 25 heavy (non-hydrogen) atoms. The number of hydrogen-bond acceptors (Lipinski definition) is 2. The lowest BCUT2D eigenvalue weighted by molar-refractivity contribution is 0.392. The number of aryl methyl sites for hydroxylation is 1. The summed E-state index contributed by atoms with van der Waals surface area (Å²) in [5, 5.41) is 6.59. The van der Waals surface area contributed by atoms with Crippen molar-refractivity contribution in [1.82, 2.24) is 15.5 Å². The summed E-state index contributed by atoms with van der Waals surface area (Å²) in [5.41, 5.74) is 4.21. The van der Waals surface area contributed by atoms with Crippen LogP contribution in [-0.4, -0.2) is 32.0 Å². The summed E-state index contributed by atoms with van der Waals surface area (Å²) in [7, 11) is 5.61. The molecule has 0 aliphatic heterocycles. The van der Waals surface area contributed by atoms with Crippen molar-refractivity contribution in [3.05, 3.63) is 70.5 Å². The van der Waals surface area contributed by atoms with Crippen LogP contribution in [0.1, 0.15) is 22.3 Å². The molecule has 2 aromatic carbocycles. The predicted molar refractivity (Wildman–Crippen MR) is 102 cm³/mol. The van der Waals surface area contributed by atoms with Gasteiger partial charge in [-0.1, -0.05) is 30.3 Å². The van der Waals surface area contributed by atoms with Crippen LogP contribution in [0.15, 0.2) is 47.5 Å². The van der Waals surface area contributed by atoms with Gasteiger partial charge in [-0.15, -0.1) is 0 Å². The van der Waals surface area contributed by atoms with Crippen molar-refractivity contribution in [1.29, 1.82) is 0 Å². The topological polar surface area (TPSA) is 39.7 Å². The number of guanidine groups is 1. The molecule has 2 rings (SSSR count). The molecular formula is C20H27FN4. The second-order valence-electron chi connectivity index (χ2n) is 6.37. The first kappa shape index (κ1) is 18.9. The van der Waals surface area contributed by atoms with Crippen molar-refractivity contribution in [3.63, 3.8) is 0 Å². The highest BCUT2D eigenvalue weighted by Gasteiger charge is 2.06. The summed E-state index contributed by atoms with van der Waals surface area (Å²) in [4.78, 5) is 6.20. The average Bonchev–Trinajstić information content (AvgIpc) is 2.58. The first-order valence-corrected chi connectivity index (χ1v) is 8.40. The van der Waals surface area contributed by atoms with E-state index >= 15 is 0 Å². The molecule has 0 unspecified atom stereocenters. The Morgan fingerprint density at radius 1 is 1.04 bits per heavy atom. The molecule has 5 heteroatoms. The van der Waals surface area contributed by atoms with Gasteiger partial charge in [0.15, 0.2) is 5.96 Å². The summed E-state index contributed by atoms with van der Waals surface area (Å²) >= 11 is 0. The van der Waals surface area contributed by atoms with Gasteiger partial charge in [-0.3, -0.25) is 4.99 Å². The molecule has 0 bridgehead atoms. The Morgan fingerprint density at radius 3 is 2.44 bits per heavy atom. The first-order valence-electron chi connectivity index (χ1n) is 8.40. The number of benzene rings is 2. The van der Waals surface area contributed by atoms with Gasteiger partial charge in [-0.05, 0) is 49.8 Å². The van der Waals surface area contributed by atoms with E-state index < -0.39 is 0 Å². The highest BCUT2D eigenvalue weighted by atomic mass is 19.1. The van der Waals surface area contributed by atoms with Crippen LogP contribution >= 0.6 is 0 Å². The van der Waals surface area contributed by atoms with E-state index in [0.29, 0.717) is 25.2 Å². The van der Waals surface area contributed by atoms with Crippen LogP contribution in [0, 0.1) is 12.7 Å². The molecule has 0 saturated heterocycles. The summed E-state index contributed by atoms with van der Waals surface area (Å²) < 4.78 is 13.9. The molecule has 0 radical (unpaired) electrons. The van der Waals surface area contributed by atoms with Crippen LogP contribution in [0.3, 0.4) is 0 Å². The number of halogens is 1. The lowest BCUT2D eigenvalue weighted by atomic mass is 10.1. The van der Waals surface area contributed by atoms with Crippen molar-refractivity contribution in [2.75, 3.05) is 21.1 Å². The highest BCUT2D eigenvalue weighted by Crippen LogP contribution is 2.12. The Kier molecular flexibility index (Phi) is 6.95. The van der Waals surface area contributed by atoms with Crippen LogP contribution in [0.5, 0.6) is 0 Å². The zero-order chi connectivity index (χ0) is 18.2. The van der Waals surface area contributed by atoms with Gasteiger partial charge < -0.3 is 15.5 Å². The molecule has 0 amide bonds. The third-order valence-corrected chi connectivity index (χ3v) is 3.99. The Balaban J connectivity index is 1.93. The second-order valence-corrected chi connectivity index (χ2v) is 6.37. The molecule has 0 saturated carbocycles. The fraction of sp³-hybridized carbons (Fsp3) is 0.350. The molecular weight excluding hydrogens is 315 g/mol. The minimum Gasteiger partial charge on any atom is -0.352 e. The first-order chi connectivity index (χ1) is 12.0. The van der Waals surface area contributed by atoms with Crippen molar-refractivity contribution in [2.24, 2.45) is 4.99 Å². The standard InChI is InChI=1S/C20H27FN4/c1-15-7-5-6-8-17(15)13-24-20(22-2)23-12-16-9-10-19(21)18(11-16)14-25(3)4/h5-11H,12-14H2,1-4H3,(H2,22,23,24). The zero-order valence-electron chi connectivity index (χ0n) is 15.4. The molecule has 0 spiro atoms. The largest absolute Gasteiger partial charge is 0.352 e. The third-order valence-electron chi connectivity index (χ3n) is 3.99. The number of rotatable bonds is 6. The zero-order valence-corrected chi connectivity index (χ0v) is 15.4. The fourth-order valence-corrected chi connectivity index (χ4v) is 2.59. The highest BCUT2D eigenvalue weighted by molar-refractivity contribution is 5.79. The number of aliphatic imine (C=N–C) groups is 1. The van der Waals surface area contributed by atoms with E-state index in [1.165, 1.54) is 17.2 Å². The molecule has 0 aromatic heterocycles. The van der Waals surface area contributed by atoms with Gasteiger partial charge in [-0.2, -0.15) is 0 Å². The second kappa shape index (κ2) is 9.18. The Bertz CT molecular complexity index is 725. The molecule has 0 aliphatic rings. The average molecular weight is 342 g/mol. The minimum absolute atomic E-state index is 0.167. The van der Waals surface area contributed by atoms with Crippen molar-refractivity contribution >= 4 is 5.96 Å². The monoisotopic (exact) mass is 342 g/mol. The summed E-state index contributed by atoms with van der Waals surface area (Å²) in [6, 6.07) is 13.5. The van der Waals surface area contributed by atoms with Gasteiger partial charge in [-0.25, -0.2) is 4.39 Å². The van der Waals surface area contributed by atoms with E-state index in [1.807, 2.05) is 37.2 Å². The molecule has 0 aliphatic carbocycles. The van der Waals surface area contributed by atoms with Crippen LogP contribution in [0.2, 0.25) is 0 Å². The Hall–Kier alpha value is -2.40. The van der Waals surface area contributed by atoms with E-state index in [9.17, 15) is 4.39 Å². The quantitative estimate of drug-likeness (QED) is 0.626. The minimum atomic E-state index is -0.167. The van der Waals surface area contributed by atoms with Gasteiger partial charge >= 0.3 is 0 Å². The van der Waals surface area contributed by atoms with Crippen LogP contribution < -0.4 is 10.6 Å². The Morgan fingerprint density at radius 2 is 1.76 bits per heavy atom. The number of nitrogens with one attached hydrogen (secondary N) is 2. The van der Waals surface area contributed by atoms with Crippen molar-refractivity contribution in [3.8, 4) is 0 Å². The lowest BCUT2D eigenvalue weighted by Crippen LogP contribution is -2.36. The molecule has 2 aromatic rings. The summed E-state index contributed by atoms with van der Waals surface area (Å²) in [5.74, 6) is 0.557. The molecule has 0 fully saturated rings. The summed E-state index contributed by atoms with van der Waals surface area (Å²) in [6.07, 6.45) is 0. The van der Waals surface area contributed by atoms with E-state index in [0.717, 1.165) is 11.5 Å². The summed E-state index contributed by atoms with van der Waals surface area (Å²) in [6.45, 7) is 3.98. The van der Waals surface area contributed by atoms with Crippen LogP contribution in [-0.2, 0) is 19.6 Å². The van der Waals surface area contributed by atoms with E-state index in [-0.39, 0.29) is 5.82 Å². The molecule has 4 nitrogen and oxygen atoms in total. The number of hydrogen-bond donors (Lipinski definition) is 2. The maximum Gasteiger partial charge on any atom is 0.191 e. The van der Waals surface area contributed by atoms with Gasteiger partial charge in [0.25, 0.3) is 0 Å². The maximum absolute atomic E-state index is 13.9. The van der Waals surface area contributed by atoms with Crippen LogP contribution in [0.4, 0.5) is 4.39 Å². The fourth-order valence-electron chi connectivity index (χ4n) is 2.59. The van der Waals surface area contributed by atoms with Crippen LogP contribution in [0.25, 0.3) is 0 Å². The number of nitrogens with zero attached hydrogens (tertiary/aromatic N) is 2. The molecule has 0 atom stereocenters. The molecule has 2 N–H and O–H groups in total. The van der Waals surface area contributed by atoms with E-state index in [4.69, 9.17) is 0 Å².